The number of hydrazine groups is 1. The Morgan fingerprint density at radius 3 is 2.47 bits per heavy atom. The fourth-order valence-corrected chi connectivity index (χ4v) is 1.44. The Morgan fingerprint density at radius 1 is 1.35 bits per heavy atom. The summed E-state index contributed by atoms with van der Waals surface area (Å²) in [5, 5.41) is 19.9. The molecule has 1 heterocycles. The summed E-state index contributed by atoms with van der Waals surface area (Å²) in [6.45, 7) is 0.465. The third-order valence-electron chi connectivity index (χ3n) is 2.55. The third kappa shape index (κ3) is 2.36. The minimum atomic E-state index is -1.36. The molecule has 1 saturated heterocycles. The van der Waals surface area contributed by atoms with Gasteiger partial charge in [-0.25, -0.2) is 0 Å². The molecule has 0 spiro atoms. The first kappa shape index (κ1) is 11.4. The van der Waals surface area contributed by atoms with Crippen molar-refractivity contribution in [1.29, 1.82) is 0 Å². The van der Waals surface area contributed by atoms with Crippen LogP contribution >= 0.6 is 0 Å². The van der Waals surface area contributed by atoms with E-state index in [4.69, 9.17) is 5.11 Å². The van der Waals surface area contributed by atoms with Crippen LogP contribution in [0, 0.1) is 0 Å². The van der Waals surface area contributed by atoms with Crippen LogP contribution in [0.2, 0.25) is 0 Å². The van der Waals surface area contributed by atoms with E-state index in [9.17, 15) is 14.7 Å². The molecule has 1 aromatic carbocycles. The molecule has 0 aliphatic carbocycles. The van der Waals surface area contributed by atoms with E-state index in [0.29, 0.717) is 18.5 Å². The number of rotatable bonds is 3. The minimum absolute atomic E-state index is 0.0549. The number of β-lactam (4-membered cyclic amide) rings is 1. The molecule has 2 rings (SSSR count). The van der Waals surface area contributed by atoms with E-state index in [1.165, 1.54) is 24.3 Å². The van der Waals surface area contributed by atoms with Crippen molar-refractivity contribution < 1.29 is 19.8 Å². The lowest BCUT2D eigenvalue weighted by Gasteiger charge is -2.31. The first-order valence-corrected chi connectivity index (χ1v) is 5.16. The molecule has 2 amide bonds. The molecule has 1 fully saturated rings. The number of phenolic OH excluding ortho intramolecular Hbond substituents is 1. The van der Waals surface area contributed by atoms with Crippen LogP contribution in [0.3, 0.4) is 0 Å². The number of aliphatic hydroxyl groups is 1. The van der Waals surface area contributed by atoms with Crippen LogP contribution in [0.4, 0.5) is 0 Å². The highest BCUT2D eigenvalue weighted by atomic mass is 16.3. The minimum Gasteiger partial charge on any atom is -0.508 e. The highest BCUT2D eigenvalue weighted by Gasteiger charge is 2.28. The summed E-state index contributed by atoms with van der Waals surface area (Å²) < 4.78 is 0. The molecule has 6 heteroatoms. The lowest BCUT2D eigenvalue weighted by molar-refractivity contribution is -0.153. The van der Waals surface area contributed by atoms with Gasteiger partial charge in [0.05, 0.1) is 6.54 Å². The molecule has 0 radical (unpaired) electrons. The normalized spacial score (nSPS) is 16.3. The Hall–Kier alpha value is -2.08. The lowest BCUT2D eigenvalue weighted by Crippen LogP contribution is -2.55. The monoisotopic (exact) mass is 236 g/mol. The molecule has 1 unspecified atom stereocenters. The molecular formula is C11H12N2O4. The number of benzene rings is 1. The predicted molar refractivity (Wildman–Crippen MR) is 57.5 cm³/mol. The summed E-state index contributed by atoms with van der Waals surface area (Å²) >= 11 is 0. The maximum absolute atomic E-state index is 11.6. The molecule has 1 aliphatic rings. The van der Waals surface area contributed by atoms with Crippen LogP contribution in [-0.4, -0.2) is 33.6 Å². The Morgan fingerprint density at radius 2 is 2.00 bits per heavy atom. The van der Waals surface area contributed by atoms with E-state index in [2.05, 4.69) is 5.43 Å². The predicted octanol–water partition coefficient (Wildman–Crippen LogP) is -0.311. The molecule has 0 saturated carbocycles. The molecular weight excluding hydrogens is 224 g/mol. The molecule has 1 aromatic rings. The van der Waals surface area contributed by atoms with Gasteiger partial charge in [-0.05, 0) is 17.7 Å². The van der Waals surface area contributed by atoms with Crippen molar-refractivity contribution in [2.24, 2.45) is 0 Å². The maximum atomic E-state index is 11.6. The second kappa shape index (κ2) is 4.42. The number of carbonyl (C=O) groups is 2. The van der Waals surface area contributed by atoms with Crippen molar-refractivity contribution in [3.8, 4) is 5.75 Å². The molecule has 3 N–H and O–H groups in total. The summed E-state index contributed by atoms with van der Waals surface area (Å²) in [4.78, 5) is 22.5. The highest BCUT2D eigenvalue weighted by Crippen LogP contribution is 2.17. The van der Waals surface area contributed by atoms with Gasteiger partial charge in [0.25, 0.3) is 5.91 Å². The van der Waals surface area contributed by atoms with E-state index in [0.717, 1.165) is 5.01 Å². The Labute approximate surface area is 97.4 Å². The van der Waals surface area contributed by atoms with E-state index in [-0.39, 0.29) is 11.7 Å². The zero-order valence-corrected chi connectivity index (χ0v) is 8.96. The largest absolute Gasteiger partial charge is 0.508 e. The van der Waals surface area contributed by atoms with Crippen molar-refractivity contribution in [2.45, 2.75) is 12.5 Å². The smallest absolute Gasteiger partial charge is 0.272 e. The van der Waals surface area contributed by atoms with Crippen molar-refractivity contribution in [3.05, 3.63) is 29.8 Å². The van der Waals surface area contributed by atoms with E-state index in [1.54, 1.807) is 0 Å². The summed E-state index contributed by atoms with van der Waals surface area (Å²) in [5.41, 5.74) is 2.67. The molecule has 17 heavy (non-hydrogen) atoms. The van der Waals surface area contributed by atoms with Gasteiger partial charge < -0.3 is 10.2 Å². The SMILES string of the molecule is O=C(NN1CCC1=O)C(O)c1ccc(O)cc1. The number of hydrogen-bond acceptors (Lipinski definition) is 4. The topological polar surface area (TPSA) is 89.9 Å². The molecule has 0 aromatic heterocycles. The van der Waals surface area contributed by atoms with E-state index < -0.39 is 12.0 Å². The van der Waals surface area contributed by atoms with Gasteiger partial charge in [-0.2, -0.15) is 0 Å². The summed E-state index contributed by atoms with van der Waals surface area (Å²) in [6.07, 6.45) is -0.945. The van der Waals surface area contributed by atoms with Gasteiger partial charge in [-0.1, -0.05) is 12.1 Å². The number of nitrogens with zero attached hydrogens (tertiary/aromatic N) is 1. The lowest BCUT2D eigenvalue weighted by atomic mass is 10.1. The zero-order chi connectivity index (χ0) is 12.4. The number of hydrogen-bond donors (Lipinski definition) is 3. The van der Waals surface area contributed by atoms with Crippen LogP contribution in [0.15, 0.2) is 24.3 Å². The van der Waals surface area contributed by atoms with Crippen LogP contribution < -0.4 is 5.43 Å². The van der Waals surface area contributed by atoms with Gasteiger partial charge in [0.1, 0.15) is 5.75 Å². The van der Waals surface area contributed by atoms with Gasteiger partial charge in [-0.15, -0.1) is 0 Å². The number of aromatic hydroxyl groups is 1. The maximum Gasteiger partial charge on any atom is 0.272 e. The van der Waals surface area contributed by atoms with E-state index in [1.807, 2.05) is 0 Å². The second-order valence-electron chi connectivity index (χ2n) is 3.77. The first-order valence-electron chi connectivity index (χ1n) is 5.16. The Bertz CT molecular complexity index is 443. The zero-order valence-electron chi connectivity index (χ0n) is 8.96. The number of amides is 2. The molecule has 90 valence electrons. The number of aliphatic hydroxyl groups excluding tert-OH is 1. The van der Waals surface area contributed by atoms with Gasteiger partial charge >= 0.3 is 0 Å². The second-order valence-corrected chi connectivity index (χ2v) is 3.77. The standard InChI is InChI=1S/C11H12N2O4/c14-8-3-1-7(2-4-8)10(16)11(17)12-13-6-5-9(13)15/h1-4,10,14,16H,5-6H2,(H,12,17). The van der Waals surface area contributed by atoms with Crippen molar-refractivity contribution in [1.82, 2.24) is 10.4 Å². The van der Waals surface area contributed by atoms with Gasteiger partial charge in [0.2, 0.25) is 5.91 Å². The number of nitrogens with one attached hydrogen (secondary N) is 1. The van der Waals surface area contributed by atoms with Gasteiger partial charge in [0.15, 0.2) is 6.10 Å². The van der Waals surface area contributed by atoms with Crippen LogP contribution in [0.1, 0.15) is 18.1 Å². The third-order valence-corrected chi connectivity index (χ3v) is 2.55. The molecule has 1 aliphatic heterocycles. The number of carbonyl (C=O) groups excluding carboxylic acids is 2. The fourth-order valence-electron chi connectivity index (χ4n) is 1.44. The molecule has 1 atom stereocenters. The summed E-state index contributed by atoms with van der Waals surface area (Å²) in [6, 6.07) is 5.64. The fraction of sp³-hybridized carbons (Fsp3) is 0.273. The molecule has 0 bridgehead atoms. The van der Waals surface area contributed by atoms with Crippen molar-refractivity contribution >= 4 is 11.8 Å². The quantitative estimate of drug-likeness (QED) is 0.628. The molecule has 6 nitrogen and oxygen atoms in total. The van der Waals surface area contributed by atoms with Gasteiger partial charge in [-0.3, -0.25) is 20.0 Å². The van der Waals surface area contributed by atoms with Crippen molar-refractivity contribution in [2.75, 3.05) is 6.54 Å². The summed E-state index contributed by atoms with van der Waals surface area (Å²) in [5.74, 6) is -0.778. The van der Waals surface area contributed by atoms with E-state index >= 15 is 0 Å². The first-order chi connectivity index (χ1) is 8.08. The average molecular weight is 236 g/mol. The van der Waals surface area contributed by atoms with Crippen LogP contribution in [-0.2, 0) is 9.59 Å². The Kier molecular flexibility index (Phi) is 2.97. The van der Waals surface area contributed by atoms with Crippen molar-refractivity contribution in [3.63, 3.8) is 0 Å². The van der Waals surface area contributed by atoms with Crippen LogP contribution in [0.5, 0.6) is 5.75 Å². The van der Waals surface area contributed by atoms with Crippen LogP contribution in [0.25, 0.3) is 0 Å². The average Bonchev–Trinajstić information content (AvgIpc) is 2.34. The Balaban J connectivity index is 1.99. The highest BCUT2D eigenvalue weighted by molar-refractivity contribution is 5.87. The van der Waals surface area contributed by atoms with Gasteiger partial charge in [0, 0.05) is 6.42 Å². The number of phenols is 1. The summed E-state index contributed by atoms with van der Waals surface area (Å²) in [7, 11) is 0.